The lowest BCUT2D eigenvalue weighted by molar-refractivity contribution is -0.384. The Kier molecular flexibility index (Phi) is 6.88. The molecule has 0 fully saturated rings. The molecule has 34 heavy (non-hydrogen) atoms. The SMILES string of the molecule is O=C(Cc1ccc([N+](=O)[O-])cc1)N/N=C\c1c(OCc2ccccc2F)ccc2ccccc12. The van der Waals surface area contributed by atoms with Gasteiger partial charge in [-0.3, -0.25) is 14.9 Å². The fraction of sp³-hybridized carbons (Fsp3) is 0.0769. The van der Waals surface area contributed by atoms with Crippen molar-refractivity contribution in [2.24, 2.45) is 5.10 Å². The zero-order chi connectivity index (χ0) is 23.9. The van der Waals surface area contributed by atoms with Crippen molar-refractivity contribution in [2.45, 2.75) is 13.0 Å². The van der Waals surface area contributed by atoms with E-state index in [-0.39, 0.29) is 30.4 Å². The van der Waals surface area contributed by atoms with Gasteiger partial charge in [-0.05, 0) is 28.5 Å². The number of nitro groups is 1. The van der Waals surface area contributed by atoms with E-state index >= 15 is 0 Å². The number of nitrogens with zero attached hydrogens (tertiary/aromatic N) is 2. The van der Waals surface area contributed by atoms with Crippen molar-refractivity contribution in [1.82, 2.24) is 5.43 Å². The molecule has 0 saturated heterocycles. The van der Waals surface area contributed by atoms with E-state index in [4.69, 9.17) is 4.74 Å². The third-order valence-electron chi connectivity index (χ3n) is 5.17. The molecule has 0 heterocycles. The normalized spacial score (nSPS) is 11.0. The van der Waals surface area contributed by atoms with Gasteiger partial charge in [-0.1, -0.05) is 60.7 Å². The molecule has 7 nitrogen and oxygen atoms in total. The van der Waals surface area contributed by atoms with Crippen LogP contribution in [0.3, 0.4) is 0 Å². The summed E-state index contributed by atoms with van der Waals surface area (Å²) in [7, 11) is 0. The number of hydrogen-bond acceptors (Lipinski definition) is 5. The maximum absolute atomic E-state index is 14.0. The first kappa shape index (κ1) is 22.6. The van der Waals surface area contributed by atoms with Gasteiger partial charge in [-0.2, -0.15) is 5.10 Å². The standard InChI is InChI=1S/C26H20FN3O4/c27-24-8-4-2-6-20(24)17-34-25-14-11-19-5-1-3-7-22(19)23(25)16-28-29-26(31)15-18-9-12-21(13-10-18)30(32)33/h1-14,16H,15,17H2,(H,29,31)/b28-16-. The van der Waals surface area contributed by atoms with Gasteiger partial charge in [0.25, 0.3) is 5.69 Å². The van der Waals surface area contributed by atoms with E-state index in [0.717, 1.165) is 10.8 Å². The summed E-state index contributed by atoms with van der Waals surface area (Å²) < 4.78 is 19.9. The number of benzene rings is 4. The summed E-state index contributed by atoms with van der Waals surface area (Å²) in [5, 5.41) is 16.7. The van der Waals surface area contributed by atoms with Crippen molar-refractivity contribution in [1.29, 1.82) is 0 Å². The van der Waals surface area contributed by atoms with E-state index < -0.39 is 4.92 Å². The molecule has 0 aliphatic carbocycles. The minimum atomic E-state index is -0.496. The Balaban J connectivity index is 1.50. The predicted octanol–water partition coefficient (Wildman–Crippen LogP) is 5.16. The van der Waals surface area contributed by atoms with Crippen LogP contribution in [0.1, 0.15) is 16.7 Å². The summed E-state index contributed by atoms with van der Waals surface area (Å²) in [6.07, 6.45) is 1.51. The first-order valence-electron chi connectivity index (χ1n) is 10.4. The zero-order valence-corrected chi connectivity index (χ0v) is 18.0. The van der Waals surface area contributed by atoms with Crippen LogP contribution in [0, 0.1) is 15.9 Å². The third kappa shape index (κ3) is 5.42. The van der Waals surface area contributed by atoms with Gasteiger partial charge in [-0.15, -0.1) is 0 Å². The Morgan fingerprint density at radius 1 is 1.00 bits per heavy atom. The molecular formula is C26H20FN3O4. The molecular weight excluding hydrogens is 437 g/mol. The minimum absolute atomic E-state index is 0.0154. The lowest BCUT2D eigenvalue weighted by Gasteiger charge is -2.12. The Labute approximate surface area is 194 Å². The summed E-state index contributed by atoms with van der Waals surface area (Å²) >= 11 is 0. The van der Waals surface area contributed by atoms with Crippen molar-refractivity contribution in [2.75, 3.05) is 0 Å². The van der Waals surface area contributed by atoms with Gasteiger partial charge in [-0.25, -0.2) is 9.82 Å². The number of amides is 1. The number of halogens is 1. The summed E-state index contributed by atoms with van der Waals surface area (Å²) in [5.41, 5.74) is 4.12. The molecule has 8 heteroatoms. The molecule has 0 aliphatic rings. The number of rotatable bonds is 8. The lowest BCUT2D eigenvalue weighted by atomic mass is 10.0. The van der Waals surface area contributed by atoms with Crippen LogP contribution in [0.5, 0.6) is 5.75 Å². The van der Waals surface area contributed by atoms with Crippen molar-refractivity contribution in [3.8, 4) is 5.75 Å². The second-order valence-corrected chi connectivity index (χ2v) is 7.47. The van der Waals surface area contributed by atoms with E-state index in [9.17, 15) is 19.3 Å². The van der Waals surface area contributed by atoms with Gasteiger partial charge in [0.2, 0.25) is 5.91 Å². The molecule has 4 aromatic carbocycles. The summed E-state index contributed by atoms with van der Waals surface area (Å²) in [6, 6.07) is 23.5. The van der Waals surface area contributed by atoms with Gasteiger partial charge >= 0.3 is 0 Å². The lowest BCUT2D eigenvalue weighted by Crippen LogP contribution is -2.19. The summed E-state index contributed by atoms with van der Waals surface area (Å²) in [4.78, 5) is 22.5. The largest absolute Gasteiger partial charge is 0.488 e. The summed E-state index contributed by atoms with van der Waals surface area (Å²) in [5.74, 6) is -0.230. The smallest absolute Gasteiger partial charge is 0.269 e. The molecule has 0 unspecified atom stereocenters. The molecule has 1 N–H and O–H groups in total. The molecule has 1 amide bonds. The minimum Gasteiger partial charge on any atom is -0.488 e. The maximum atomic E-state index is 14.0. The van der Waals surface area contributed by atoms with E-state index in [1.54, 1.807) is 24.3 Å². The van der Waals surface area contributed by atoms with Crippen molar-refractivity contribution in [3.05, 3.63) is 118 Å². The molecule has 4 aromatic rings. The van der Waals surface area contributed by atoms with Gasteiger partial charge in [0, 0.05) is 23.3 Å². The van der Waals surface area contributed by atoms with Crippen LogP contribution in [0.2, 0.25) is 0 Å². The molecule has 0 aromatic heterocycles. The zero-order valence-electron chi connectivity index (χ0n) is 18.0. The molecule has 4 rings (SSSR count). The van der Waals surface area contributed by atoms with Crippen LogP contribution in [-0.4, -0.2) is 17.0 Å². The number of carbonyl (C=O) groups is 1. The van der Waals surface area contributed by atoms with Crippen LogP contribution in [0.15, 0.2) is 90.0 Å². The molecule has 0 spiro atoms. The van der Waals surface area contributed by atoms with Crippen molar-refractivity contribution in [3.63, 3.8) is 0 Å². The van der Waals surface area contributed by atoms with Gasteiger partial charge in [0.15, 0.2) is 0 Å². The highest BCUT2D eigenvalue weighted by atomic mass is 19.1. The van der Waals surface area contributed by atoms with Crippen molar-refractivity contribution < 1.29 is 18.8 Å². The number of carbonyl (C=O) groups excluding carboxylic acids is 1. The second kappa shape index (κ2) is 10.4. The molecule has 0 saturated carbocycles. The highest BCUT2D eigenvalue weighted by molar-refractivity contribution is 6.02. The third-order valence-corrected chi connectivity index (χ3v) is 5.17. The molecule has 170 valence electrons. The average molecular weight is 457 g/mol. The van der Waals surface area contributed by atoms with Gasteiger partial charge < -0.3 is 4.74 Å². The first-order valence-corrected chi connectivity index (χ1v) is 10.4. The maximum Gasteiger partial charge on any atom is 0.269 e. The topological polar surface area (TPSA) is 93.8 Å². The molecule has 0 radical (unpaired) electrons. The van der Waals surface area contributed by atoms with E-state index in [2.05, 4.69) is 10.5 Å². The van der Waals surface area contributed by atoms with Crippen LogP contribution in [0.25, 0.3) is 10.8 Å². The highest BCUT2D eigenvalue weighted by Crippen LogP contribution is 2.27. The molecule has 0 aliphatic heterocycles. The van der Waals surface area contributed by atoms with Crippen LogP contribution in [0.4, 0.5) is 10.1 Å². The molecule has 0 atom stereocenters. The fourth-order valence-electron chi connectivity index (χ4n) is 3.43. The number of hydrogen-bond donors (Lipinski definition) is 1. The van der Waals surface area contributed by atoms with Gasteiger partial charge in [0.1, 0.15) is 18.2 Å². The highest BCUT2D eigenvalue weighted by Gasteiger charge is 2.10. The van der Waals surface area contributed by atoms with E-state index in [0.29, 0.717) is 22.4 Å². The predicted molar refractivity (Wildman–Crippen MR) is 127 cm³/mol. The van der Waals surface area contributed by atoms with Crippen LogP contribution in [-0.2, 0) is 17.8 Å². The Morgan fingerprint density at radius 2 is 1.74 bits per heavy atom. The number of ether oxygens (including phenoxy) is 1. The Bertz CT molecular complexity index is 1370. The quantitative estimate of drug-likeness (QED) is 0.225. The first-order chi connectivity index (χ1) is 16.5. The Hall–Kier alpha value is -4.59. The Morgan fingerprint density at radius 3 is 2.50 bits per heavy atom. The molecule has 0 bridgehead atoms. The van der Waals surface area contributed by atoms with Crippen molar-refractivity contribution >= 4 is 28.6 Å². The van der Waals surface area contributed by atoms with Gasteiger partial charge in [0.05, 0.1) is 17.6 Å². The monoisotopic (exact) mass is 457 g/mol. The number of fused-ring (bicyclic) bond motifs is 1. The fourth-order valence-corrected chi connectivity index (χ4v) is 3.43. The number of nitrogens with one attached hydrogen (secondary N) is 1. The van der Waals surface area contributed by atoms with E-state index in [1.807, 2.05) is 30.3 Å². The second-order valence-electron chi connectivity index (χ2n) is 7.47. The van der Waals surface area contributed by atoms with Crippen LogP contribution >= 0.6 is 0 Å². The summed E-state index contributed by atoms with van der Waals surface area (Å²) in [6.45, 7) is 0.0400. The van der Waals surface area contributed by atoms with Crippen LogP contribution < -0.4 is 10.2 Å². The average Bonchev–Trinajstić information content (AvgIpc) is 2.84. The number of hydrazone groups is 1. The number of non-ortho nitro benzene ring substituents is 1. The van der Waals surface area contributed by atoms with E-state index in [1.165, 1.54) is 36.5 Å². The number of nitro benzene ring substituents is 1.